The van der Waals surface area contributed by atoms with Crippen LogP contribution in [0.15, 0.2) is 36.4 Å². The van der Waals surface area contributed by atoms with E-state index in [0.717, 1.165) is 17.0 Å². The van der Waals surface area contributed by atoms with Crippen molar-refractivity contribution in [3.63, 3.8) is 0 Å². The molecule has 0 N–H and O–H groups in total. The Morgan fingerprint density at radius 1 is 1.27 bits per heavy atom. The molecule has 0 aliphatic rings. The molecule has 0 bridgehead atoms. The van der Waals surface area contributed by atoms with Crippen molar-refractivity contribution >= 4 is 5.91 Å². The highest BCUT2D eigenvalue weighted by atomic mass is 16.2. The minimum absolute atomic E-state index is 0.0676. The number of benzene rings is 1. The van der Waals surface area contributed by atoms with E-state index in [1.165, 1.54) is 11.6 Å². The number of rotatable bonds is 1. The van der Waals surface area contributed by atoms with Crippen molar-refractivity contribution in [1.29, 1.82) is 0 Å². The smallest absolute Gasteiger partial charge is 0.244 e. The summed E-state index contributed by atoms with van der Waals surface area (Å²) in [5.74, 6) is -0.0676. The fourth-order valence-electron chi connectivity index (χ4n) is 1.55. The van der Waals surface area contributed by atoms with Gasteiger partial charge in [-0.05, 0) is 13.0 Å². The van der Waals surface area contributed by atoms with Gasteiger partial charge in [-0.15, -0.1) is 0 Å². The minimum atomic E-state index is -0.0676. The summed E-state index contributed by atoms with van der Waals surface area (Å²) in [6.07, 6.45) is 0. The Bertz CT molecular complexity index is 486. The molecular weight excluding hydrogens is 188 g/mol. The molecule has 3 heteroatoms. The largest absolute Gasteiger partial charge is 0.273 e. The normalized spacial score (nSPS) is 10.3. The van der Waals surface area contributed by atoms with Gasteiger partial charge in [0.25, 0.3) is 0 Å². The lowest BCUT2D eigenvalue weighted by Crippen LogP contribution is -2.09. The number of nitrogens with zero attached hydrogens (tertiary/aromatic N) is 2. The first kappa shape index (κ1) is 9.65. The molecule has 15 heavy (non-hydrogen) atoms. The molecule has 0 fully saturated rings. The second-order valence-corrected chi connectivity index (χ2v) is 3.47. The van der Waals surface area contributed by atoms with Gasteiger partial charge in [0, 0.05) is 12.5 Å². The monoisotopic (exact) mass is 200 g/mol. The van der Waals surface area contributed by atoms with E-state index < -0.39 is 0 Å². The van der Waals surface area contributed by atoms with Crippen LogP contribution in [-0.2, 0) is 0 Å². The summed E-state index contributed by atoms with van der Waals surface area (Å²) < 4.78 is 1.44. The highest BCUT2D eigenvalue weighted by Gasteiger charge is 2.10. The first-order valence-corrected chi connectivity index (χ1v) is 4.81. The zero-order valence-electron chi connectivity index (χ0n) is 8.77. The number of aryl methyl sites for hydroxylation is 1. The van der Waals surface area contributed by atoms with Crippen molar-refractivity contribution in [2.45, 2.75) is 13.8 Å². The lowest BCUT2D eigenvalue weighted by molar-refractivity contribution is 0.0923. The van der Waals surface area contributed by atoms with Crippen molar-refractivity contribution in [3.8, 4) is 11.3 Å². The van der Waals surface area contributed by atoms with Crippen LogP contribution in [0.2, 0.25) is 0 Å². The standard InChI is InChI=1S/C12H12N2O/c1-9-8-12(14(13-9)10(2)15)11-6-4-3-5-7-11/h3-8H,1-2H3. The summed E-state index contributed by atoms with van der Waals surface area (Å²) >= 11 is 0. The number of carbonyl (C=O) groups is 1. The average molecular weight is 200 g/mol. The molecular formula is C12H12N2O. The summed E-state index contributed by atoms with van der Waals surface area (Å²) in [4.78, 5) is 11.4. The molecule has 76 valence electrons. The summed E-state index contributed by atoms with van der Waals surface area (Å²) in [6.45, 7) is 3.39. The third-order valence-corrected chi connectivity index (χ3v) is 2.20. The molecule has 0 atom stereocenters. The Balaban J connectivity index is 2.58. The van der Waals surface area contributed by atoms with E-state index in [-0.39, 0.29) is 5.91 Å². The Kier molecular flexibility index (Phi) is 2.37. The van der Waals surface area contributed by atoms with E-state index in [0.29, 0.717) is 0 Å². The molecule has 2 rings (SSSR count). The van der Waals surface area contributed by atoms with Crippen molar-refractivity contribution < 1.29 is 4.79 Å². The topological polar surface area (TPSA) is 34.9 Å². The van der Waals surface area contributed by atoms with Gasteiger partial charge >= 0.3 is 0 Å². The molecule has 0 unspecified atom stereocenters. The van der Waals surface area contributed by atoms with Gasteiger partial charge in [0.1, 0.15) is 0 Å². The van der Waals surface area contributed by atoms with Crippen LogP contribution in [0.1, 0.15) is 17.4 Å². The number of hydrogen-bond donors (Lipinski definition) is 0. The quantitative estimate of drug-likeness (QED) is 0.709. The molecule has 1 heterocycles. The predicted molar refractivity (Wildman–Crippen MR) is 58.7 cm³/mol. The van der Waals surface area contributed by atoms with Crippen LogP contribution in [0, 0.1) is 6.92 Å². The fraction of sp³-hybridized carbons (Fsp3) is 0.167. The second-order valence-electron chi connectivity index (χ2n) is 3.47. The van der Waals surface area contributed by atoms with Crippen LogP contribution in [0.25, 0.3) is 11.3 Å². The number of hydrogen-bond acceptors (Lipinski definition) is 2. The van der Waals surface area contributed by atoms with Crippen LogP contribution >= 0.6 is 0 Å². The van der Waals surface area contributed by atoms with Gasteiger partial charge in [-0.1, -0.05) is 30.3 Å². The predicted octanol–water partition coefficient (Wildman–Crippen LogP) is 2.52. The SMILES string of the molecule is CC(=O)n1nc(C)cc1-c1ccccc1. The molecule has 3 nitrogen and oxygen atoms in total. The average Bonchev–Trinajstić information content (AvgIpc) is 2.62. The van der Waals surface area contributed by atoms with E-state index in [1.807, 2.05) is 43.3 Å². The van der Waals surface area contributed by atoms with Gasteiger partial charge in [0.05, 0.1) is 11.4 Å². The summed E-state index contributed by atoms with van der Waals surface area (Å²) in [6, 6.07) is 11.7. The maximum absolute atomic E-state index is 11.4. The summed E-state index contributed by atoms with van der Waals surface area (Å²) in [5.41, 5.74) is 2.71. The molecule has 0 amide bonds. The minimum Gasteiger partial charge on any atom is -0.273 e. The van der Waals surface area contributed by atoms with Crippen molar-refractivity contribution in [2.75, 3.05) is 0 Å². The molecule has 0 saturated heterocycles. The molecule has 2 aromatic rings. The molecule has 0 aliphatic heterocycles. The zero-order chi connectivity index (χ0) is 10.8. The van der Waals surface area contributed by atoms with Gasteiger partial charge in [0.15, 0.2) is 0 Å². The zero-order valence-corrected chi connectivity index (χ0v) is 8.77. The third kappa shape index (κ3) is 1.81. The van der Waals surface area contributed by atoms with Crippen LogP contribution in [-0.4, -0.2) is 15.7 Å². The summed E-state index contributed by atoms with van der Waals surface area (Å²) in [7, 11) is 0. The first-order valence-electron chi connectivity index (χ1n) is 4.81. The highest BCUT2D eigenvalue weighted by Crippen LogP contribution is 2.19. The van der Waals surface area contributed by atoms with E-state index in [1.54, 1.807) is 0 Å². The molecule has 0 saturated carbocycles. The van der Waals surface area contributed by atoms with Gasteiger partial charge in [-0.2, -0.15) is 5.10 Å². The number of aromatic nitrogens is 2. The first-order chi connectivity index (χ1) is 7.18. The third-order valence-electron chi connectivity index (χ3n) is 2.20. The second kappa shape index (κ2) is 3.69. The van der Waals surface area contributed by atoms with Crippen LogP contribution in [0.4, 0.5) is 0 Å². The van der Waals surface area contributed by atoms with Crippen molar-refractivity contribution in [2.24, 2.45) is 0 Å². The van der Waals surface area contributed by atoms with Crippen LogP contribution in [0.5, 0.6) is 0 Å². The Labute approximate surface area is 88.4 Å². The maximum atomic E-state index is 11.4. The molecule has 1 aromatic carbocycles. The van der Waals surface area contributed by atoms with E-state index in [9.17, 15) is 4.79 Å². The fourth-order valence-corrected chi connectivity index (χ4v) is 1.55. The molecule has 0 spiro atoms. The lowest BCUT2D eigenvalue weighted by Gasteiger charge is -2.02. The van der Waals surface area contributed by atoms with Crippen LogP contribution < -0.4 is 0 Å². The van der Waals surface area contributed by atoms with E-state index in [2.05, 4.69) is 5.10 Å². The van der Waals surface area contributed by atoms with Crippen molar-refractivity contribution in [3.05, 3.63) is 42.1 Å². The van der Waals surface area contributed by atoms with Gasteiger partial charge in [-0.3, -0.25) is 4.79 Å². The highest BCUT2D eigenvalue weighted by molar-refractivity contribution is 5.81. The maximum Gasteiger partial charge on any atom is 0.244 e. The van der Waals surface area contributed by atoms with Crippen molar-refractivity contribution in [1.82, 2.24) is 9.78 Å². The lowest BCUT2D eigenvalue weighted by atomic mass is 10.1. The van der Waals surface area contributed by atoms with Crippen LogP contribution in [0.3, 0.4) is 0 Å². The van der Waals surface area contributed by atoms with Gasteiger partial charge in [0.2, 0.25) is 5.91 Å². The van der Waals surface area contributed by atoms with Gasteiger partial charge < -0.3 is 0 Å². The number of carbonyl (C=O) groups excluding carboxylic acids is 1. The molecule has 1 aromatic heterocycles. The molecule has 0 aliphatic carbocycles. The van der Waals surface area contributed by atoms with Gasteiger partial charge in [-0.25, -0.2) is 4.68 Å². The summed E-state index contributed by atoms with van der Waals surface area (Å²) in [5, 5.41) is 4.15. The van der Waals surface area contributed by atoms with E-state index in [4.69, 9.17) is 0 Å². The Hall–Kier alpha value is -1.90. The Morgan fingerprint density at radius 2 is 1.93 bits per heavy atom. The molecule has 0 radical (unpaired) electrons. The Morgan fingerprint density at radius 3 is 2.53 bits per heavy atom. The van der Waals surface area contributed by atoms with E-state index >= 15 is 0 Å².